The van der Waals surface area contributed by atoms with E-state index in [2.05, 4.69) is 28.8 Å². The number of anilines is 2. The van der Waals surface area contributed by atoms with Gasteiger partial charge in [0.05, 0.1) is 20.5 Å². The van der Waals surface area contributed by atoms with Crippen LogP contribution in [0.2, 0.25) is 10.0 Å². The first-order chi connectivity index (χ1) is 10.9. The summed E-state index contributed by atoms with van der Waals surface area (Å²) in [6.45, 7) is 4.19. The highest BCUT2D eigenvalue weighted by Gasteiger charge is 2.20. The molecule has 0 aliphatic heterocycles. The predicted octanol–water partition coefficient (Wildman–Crippen LogP) is 4.70. The summed E-state index contributed by atoms with van der Waals surface area (Å²) in [5, 5.41) is 2.80. The number of nitrogens with two attached hydrogens (primary N) is 2. The average Bonchev–Trinajstić information content (AvgIpc) is 2.81. The second-order valence-electron chi connectivity index (χ2n) is 5.39. The molecule has 0 saturated heterocycles. The highest BCUT2D eigenvalue weighted by molar-refractivity contribution is 7.99. The Balaban J connectivity index is 2.14. The Morgan fingerprint density at radius 1 is 1.13 bits per heavy atom. The molecule has 3 aromatic rings. The maximum Gasteiger partial charge on any atom is 0.223 e. The number of aromatic amines is 1. The van der Waals surface area contributed by atoms with Crippen molar-refractivity contribution >= 4 is 57.8 Å². The SMILES string of the molecule is CC(C)c1c(Sc2ccc(Cl)c(Cl)c2)[nH]c2nc(N)nc(N)c12. The molecule has 0 radical (unpaired) electrons. The van der Waals surface area contributed by atoms with Crippen molar-refractivity contribution in [3.63, 3.8) is 0 Å². The molecule has 2 heterocycles. The summed E-state index contributed by atoms with van der Waals surface area (Å²) >= 11 is 13.6. The number of H-pyrrole nitrogens is 1. The molecule has 5 N–H and O–H groups in total. The molecule has 0 saturated carbocycles. The normalized spacial score (nSPS) is 11.5. The van der Waals surface area contributed by atoms with Crippen molar-refractivity contribution < 1.29 is 0 Å². The van der Waals surface area contributed by atoms with Crippen LogP contribution in [0, 0.1) is 0 Å². The van der Waals surface area contributed by atoms with E-state index in [1.165, 1.54) is 0 Å². The predicted molar refractivity (Wildman–Crippen MR) is 97.4 cm³/mol. The molecule has 0 bridgehead atoms. The Hall–Kier alpha value is -1.63. The maximum absolute atomic E-state index is 6.09. The number of nitrogens with zero attached hydrogens (tertiary/aromatic N) is 2. The summed E-state index contributed by atoms with van der Waals surface area (Å²) < 4.78 is 0. The lowest BCUT2D eigenvalue weighted by molar-refractivity contribution is 0.845. The fourth-order valence-electron chi connectivity index (χ4n) is 2.43. The lowest BCUT2D eigenvalue weighted by atomic mass is 10.0. The number of fused-ring (bicyclic) bond motifs is 1. The molecule has 2 aromatic heterocycles. The van der Waals surface area contributed by atoms with Gasteiger partial charge in [0.15, 0.2) is 0 Å². The van der Waals surface area contributed by atoms with E-state index in [1.807, 2.05) is 12.1 Å². The number of hydrogen-bond donors (Lipinski definition) is 3. The van der Waals surface area contributed by atoms with E-state index in [-0.39, 0.29) is 11.9 Å². The number of hydrogen-bond acceptors (Lipinski definition) is 5. The van der Waals surface area contributed by atoms with Gasteiger partial charge in [0.1, 0.15) is 11.5 Å². The first kappa shape index (κ1) is 16.2. The maximum atomic E-state index is 6.09. The van der Waals surface area contributed by atoms with Gasteiger partial charge in [-0.3, -0.25) is 0 Å². The molecule has 23 heavy (non-hydrogen) atoms. The van der Waals surface area contributed by atoms with Crippen LogP contribution in [0.5, 0.6) is 0 Å². The topological polar surface area (TPSA) is 93.6 Å². The third-order valence-electron chi connectivity index (χ3n) is 3.39. The van der Waals surface area contributed by atoms with Gasteiger partial charge in [-0.05, 0) is 29.7 Å². The number of benzene rings is 1. The van der Waals surface area contributed by atoms with Gasteiger partial charge in [0.25, 0.3) is 0 Å². The Labute approximate surface area is 147 Å². The van der Waals surface area contributed by atoms with E-state index in [0.29, 0.717) is 21.5 Å². The van der Waals surface area contributed by atoms with Crippen LogP contribution >= 0.6 is 35.0 Å². The van der Waals surface area contributed by atoms with Crippen LogP contribution in [-0.2, 0) is 0 Å². The van der Waals surface area contributed by atoms with Gasteiger partial charge in [-0.2, -0.15) is 9.97 Å². The smallest absolute Gasteiger partial charge is 0.223 e. The van der Waals surface area contributed by atoms with E-state index < -0.39 is 0 Å². The number of rotatable bonds is 3. The molecule has 120 valence electrons. The standard InChI is InChI=1S/C15H15Cl2N5S/c1-6(2)10-11-12(18)20-15(19)22-13(11)21-14(10)23-7-3-4-8(16)9(17)5-7/h3-6H,1-2H3,(H5,18,19,20,21,22). The third kappa shape index (κ3) is 3.06. The number of aromatic nitrogens is 3. The highest BCUT2D eigenvalue weighted by atomic mass is 35.5. The minimum absolute atomic E-state index is 0.151. The Bertz CT molecular complexity index is 891. The van der Waals surface area contributed by atoms with E-state index in [9.17, 15) is 0 Å². The van der Waals surface area contributed by atoms with Crippen LogP contribution in [0.15, 0.2) is 28.1 Å². The zero-order valence-corrected chi connectivity index (χ0v) is 14.9. The third-order valence-corrected chi connectivity index (χ3v) is 5.14. The number of nitrogens with one attached hydrogen (secondary N) is 1. The molecule has 8 heteroatoms. The fraction of sp³-hybridized carbons (Fsp3) is 0.200. The lowest BCUT2D eigenvalue weighted by Crippen LogP contribution is -2.01. The van der Waals surface area contributed by atoms with Crippen LogP contribution in [0.25, 0.3) is 11.0 Å². The van der Waals surface area contributed by atoms with E-state index >= 15 is 0 Å². The van der Waals surface area contributed by atoms with Gasteiger partial charge >= 0.3 is 0 Å². The zero-order valence-electron chi connectivity index (χ0n) is 12.5. The monoisotopic (exact) mass is 367 g/mol. The van der Waals surface area contributed by atoms with Crippen molar-refractivity contribution in [1.82, 2.24) is 15.0 Å². The first-order valence-electron chi connectivity index (χ1n) is 6.94. The zero-order chi connectivity index (χ0) is 16.7. The summed E-state index contributed by atoms with van der Waals surface area (Å²) in [6.07, 6.45) is 0. The van der Waals surface area contributed by atoms with Gasteiger partial charge in [-0.25, -0.2) is 0 Å². The summed E-state index contributed by atoms with van der Waals surface area (Å²) in [5.74, 6) is 0.773. The molecule has 0 unspecified atom stereocenters. The van der Waals surface area contributed by atoms with Gasteiger partial charge in [0.2, 0.25) is 5.95 Å². The molecular weight excluding hydrogens is 353 g/mol. The van der Waals surface area contributed by atoms with E-state index in [4.69, 9.17) is 34.7 Å². The molecule has 5 nitrogen and oxygen atoms in total. The first-order valence-corrected chi connectivity index (χ1v) is 8.51. The molecule has 0 aliphatic carbocycles. The van der Waals surface area contributed by atoms with Crippen molar-refractivity contribution in [2.24, 2.45) is 0 Å². The molecule has 0 fully saturated rings. The van der Waals surface area contributed by atoms with Gasteiger partial charge in [-0.15, -0.1) is 0 Å². The Morgan fingerprint density at radius 2 is 1.87 bits per heavy atom. The molecule has 0 spiro atoms. The van der Waals surface area contributed by atoms with E-state index in [1.54, 1.807) is 17.8 Å². The van der Waals surface area contributed by atoms with Crippen molar-refractivity contribution in [2.75, 3.05) is 11.5 Å². The van der Waals surface area contributed by atoms with Gasteiger partial charge in [0, 0.05) is 4.90 Å². The molecule has 0 aliphatic rings. The molecule has 3 rings (SSSR count). The van der Waals surface area contributed by atoms with Gasteiger partial charge < -0.3 is 16.5 Å². The molecule has 0 atom stereocenters. The van der Waals surface area contributed by atoms with Crippen molar-refractivity contribution in [3.8, 4) is 0 Å². The van der Waals surface area contributed by atoms with Crippen molar-refractivity contribution in [2.45, 2.75) is 29.7 Å². The fourth-order valence-corrected chi connectivity index (χ4v) is 3.94. The van der Waals surface area contributed by atoms with Crippen LogP contribution in [-0.4, -0.2) is 15.0 Å². The molecule has 1 aromatic carbocycles. The molecular formula is C15H15Cl2N5S. The highest BCUT2D eigenvalue weighted by Crippen LogP contribution is 2.40. The van der Waals surface area contributed by atoms with Crippen molar-refractivity contribution in [1.29, 1.82) is 0 Å². The second kappa shape index (κ2) is 6.11. The van der Waals surface area contributed by atoms with Crippen LogP contribution in [0.4, 0.5) is 11.8 Å². The Kier molecular flexibility index (Phi) is 4.31. The van der Waals surface area contributed by atoms with Crippen molar-refractivity contribution in [3.05, 3.63) is 33.8 Å². The number of nitrogen functional groups attached to an aromatic ring is 2. The van der Waals surface area contributed by atoms with Crippen LogP contribution < -0.4 is 11.5 Å². The summed E-state index contributed by atoms with van der Waals surface area (Å²) in [6, 6.07) is 5.52. The van der Waals surface area contributed by atoms with Crippen LogP contribution in [0.3, 0.4) is 0 Å². The second-order valence-corrected chi connectivity index (χ2v) is 7.29. The summed E-state index contributed by atoms with van der Waals surface area (Å²) in [7, 11) is 0. The summed E-state index contributed by atoms with van der Waals surface area (Å²) in [5.41, 5.74) is 13.4. The van der Waals surface area contributed by atoms with E-state index in [0.717, 1.165) is 20.9 Å². The van der Waals surface area contributed by atoms with Crippen LogP contribution in [0.1, 0.15) is 25.3 Å². The largest absolute Gasteiger partial charge is 0.383 e. The lowest BCUT2D eigenvalue weighted by Gasteiger charge is -2.09. The Morgan fingerprint density at radius 3 is 2.52 bits per heavy atom. The minimum atomic E-state index is 0.151. The molecule has 0 amide bonds. The minimum Gasteiger partial charge on any atom is -0.383 e. The number of halogens is 2. The summed E-state index contributed by atoms with van der Waals surface area (Å²) in [4.78, 5) is 12.6. The van der Waals surface area contributed by atoms with Gasteiger partial charge in [-0.1, -0.05) is 48.8 Å². The average molecular weight is 368 g/mol. The quantitative estimate of drug-likeness (QED) is 0.623.